The zero-order valence-corrected chi connectivity index (χ0v) is 17.4. The first-order valence-corrected chi connectivity index (χ1v) is 11.1. The number of nitrogens with zero attached hydrogens (tertiary/aromatic N) is 3. The number of nitrogens with one attached hydrogen (secondary N) is 2. The number of carbonyl (C=O) groups excluding carboxylic acids is 1. The molecule has 0 saturated heterocycles. The van der Waals surface area contributed by atoms with Crippen molar-refractivity contribution in [2.45, 2.75) is 63.1 Å². The van der Waals surface area contributed by atoms with Gasteiger partial charge in [-0.15, -0.1) is 0 Å². The van der Waals surface area contributed by atoms with Crippen LogP contribution in [-0.2, 0) is 6.54 Å². The second-order valence-corrected chi connectivity index (χ2v) is 8.63. The van der Waals surface area contributed by atoms with Gasteiger partial charge in [0.2, 0.25) is 5.95 Å². The van der Waals surface area contributed by atoms with Crippen LogP contribution in [0.1, 0.15) is 66.1 Å². The van der Waals surface area contributed by atoms with Gasteiger partial charge in [0.15, 0.2) is 0 Å². The van der Waals surface area contributed by atoms with Crippen LogP contribution in [0.2, 0.25) is 0 Å². The van der Waals surface area contributed by atoms with Gasteiger partial charge >= 0.3 is 0 Å². The number of aliphatic hydroxyl groups excluding tert-OH is 1. The second-order valence-electron chi connectivity index (χ2n) is 8.63. The maximum absolute atomic E-state index is 12.9. The Morgan fingerprint density at radius 3 is 2.58 bits per heavy atom. The third kappa shape index (κ3) is 4.66. The molecule has 2 saturated carbocycles. The normalized spacial score (nSPS) is 21.1. The molecule has 2 fully saturated rings. The van der Waals surface area contributed by atoms with Crippen LogP contribution in [0.15, 0.2) is 42.7 Å². The third-order valence-corrected chi connectivity index (χ3v) is 6.21. The van der Waals surface area contributed by atoms with Crippen molar-refractivity contribution in [2.24, 2.45) is 0 Å². The van der Waals surface area contributed by atoms with E-state index in [-0.39, 0.29) is 18.1 Å². The summed E-state index contributed by atoms with van der Waals surface area (Å²) in [5.41, 5.74) is 3.28. The molecule has 0 radical (unpaired) electrons. The van der Waals surface area contributed by atoms with Gasteiger partial charge in [-0.1, -0.05) is 18.2 Å². The molecule has 7 nitrogen and oxygen atoms in total. The Bertz CT molecular complexity index is 1070. The van der Waals surface area contributed by atoms with Crippen molar-refractivity contribution in [3.05, 3.63) is 59.5 Å². The first-order chi connectivity index (χ1) is 15.2. The maximum Gasteiger partial charge on any atom is 0.253 e. The van der Waals surface area contributed by atoms with Gasteiger partial charge in [-0.3, -0.25) is 9.78 Å². The van der Waals surface area contributed by atoms with Crippen LogP contribution >= 0.6 is 0 Å². The lowest BCUT2D eigenvalue weighted by Gasteiger charge is -2.26. The molecular weight excluding hydrogens is 390 g/mol. The van der Waals surface area contributed by atoms with Gasteiger partial charge in [0, 0.05) is 23.8 Å². The summed E-state index contributed by atoms with van der Waals surface area (Å²) < 4.78 is 0. The van der Waals surface area contributed by atoms with Crippen molar-refractivity contribution in [2.75, 3.05) is 5.32 Å². The first-order valence-electron chi connectivity index (χ1n) is 11.1. The monoisotopic (exact) mass is 417 g/mol. The maximum atomic E-state index is 12.9. The smallest absolute Gasteiger partial charge is 0.253 e. The molecule has 3 N–H and O–H groups in total. The summed E-state index contributed by atoms with van der Waals surface area (Å²) in [5, 5.41) is 16.8. The van der Waals surface area contributed by atoms with Crippen LogP contribution in [-0.4, -0.2) is 38.1 Å². The lowest BCUT2D eigenvalue weighted by molar-refractivity contribution is 0.0952. The van der Waals surface area contributed by atoms with E-state index in [0.717, 1.165) is 36.8 Å². The van der Waals surface area contributed by atoms with E-state index in [1.165, 1.54) is 18.4 Å². The molecule has 7 heteroatoms. The number of aliphatic hydroxyl groups is 1. The molecular formula is C24H27N5O2. The van der Waals surface area contributed by atoms with Crippen molar-refractivity contribution in [3.8, 4) is 0 Å². The standard InChI is InChI=1S/C24H27N5O2/c30-20-10-8-18(9-11-20)28-24-27-13-17-2-1-3-21(22(17)29-24)23(31)26-14-19-7-6-16(12-25-19)15-4-5-15/h1-3,6-7,12-13,15,18,20,30H,4-5,8-11,14H2,(H,26,31)(H,27,28,29). The Hall–Kier alpha value is -3.06. The van der Waals surface area contributed by atoms with E-state index in [4.69, 9.17) is 0 Å². The molecule has 160 valence electrons. The molecule has 5 rings (SSSR count). The van der Waals surface area contributed by atoms with Crippen LogP contribution in [0, 0.1) is 0 Å². The van der Waals surface area contributed by atoms with Gasteiger partial charge < -0.3 is 15.7 Å². The molecule has 0 atom stereocenters. The summed E-state index contributed by atoms with van der Waals surface area (Å²) in [4.78, 5) is 26.4. The van der Waals surface area contributed by atoms with Crippen LogP contribution < -0.4 is 10.6 Å². The van der Waals surface area contributed by atoms with Crippen molar-refractivity contribution in [1.29, 1.82) is 0 Å². The minimum atomic E-state index is -0.203. The van der Waals surface area contributed by atoms with E-state index >= 15 is 0 Å². The largest absolute Gasteiger partial charge is 0.393 e. The van der Waals surface area contributed by atoms with Crippen molar-refractivity contribution in [1.82, 2.24) is 20.3 Å². The lowest BCUT2D eigenvalue weighted by Crippen LogP contribution is -2.29. The molecule has 0 bridgehead atoms. The second kappa shape index (κ2) is 8.59. The summed E-state index contributed by atoms with van der Waals surface area (Å²) in [5.74, 6) is 1.02. The molecule has 1 aromatic carbocycles. The Morgan fingerprint density at radius 2 is 1.84 bits per heavy atom. The predicted octanol–water partition coefficient (Wildman–Crippen LogP) is 3.55. The Balaban J connectivity index is 1.29. The number of aromatic nitrogens is 3. The summed E-state index contributed by atoms with van der Waals surface area (Å²) in [6.45, 7) is 0.376. The number of benzene rings is 1. The van der Waals surface area contributed by atoms with E-state index in [1.54, 1.807) is 12.3 Å². The highest BCUT2D eigenvalue weighted by atomic mass is 16.3. The quantitative estimate of drug-likeness (QED) is 0.567. The Labute approximate surface area is 181 Å². The van der Waals surface area contributed by atoms with Gasteiger partial charge in [0.1, 0.15) is 0 Å². The fourth-order valence-corrected chi connectivity index (χ4v) is 4.18. The molecule has 0 spiro atoms. The minimum absolute atomic E-state index is 0.177. The summed E-state index contributed by atoms with van der Waals surface area (Å²) in [6, 6.07) is 9.88. The molecule has 2 aromatic heterocycles. The van der Waals surface area contributed by atoms with E-state index in [2.05, 4.69) is 31.7 Å². The summed E-state index contributed by atoms with van der Waals surface area (Å²) >= 11 is 0. The summed E-state index contributed by atoms with van der Waals surface area (Å²) in [7, 11) is 0. The van der Waals surface area contributed by atoms with Crippen LogP contribution in [0.4, 0.5) is 5.95 Å². The molecule has 3 aromatic rings. The number of rotatable bonds is 6. The van der Waals surface area contributed by atoms with Gasteiger partial charge in [0.05, 0.1) is 29.4 Å². The van der Waals surface area contributed by atoms with Crippen molar-refractivity contribution < 1.29 is 9.90 Å². The average molecular weight is 418 g/mol. The number of hydrogen-bond donors (Lipinski definition) is 3. The van der Waals surface area contributed by atoms with E-state index in [9.17, 15) is 9.90 Å². The van der Waals surface area contributed by atoms with Crippen LogP contribution in [0.5, 0.6) is 0 Å². The number of pyridine rings is 1. The van der Waals surface area contributed by atoms with Gasteiger partial charge in [-0.25, -0.2) is 9.97 Å². The molecule has 1 amide bonds. The molecule has 2 aliphatic carbocycles. The fourth-order valence-electron chi connectivity index (χ4n) is 4.18. The molecule has 2 heterocycles. The molecule has 2 aliphatic rings. The number of fused-ring (bicyclic) bond motifs is 1. The lowest BCUT2D eigenvalue weighted by atomic mass is 9.93. The zero-order valence-electron chi connectivity index (χ0n) is 17.4. The summed E-state index contributed by atoms with van der Waals surface area (Å²) in [6.07, 6.45) is 9.31. The van der Waals surface area contributed by atoms with Gasteiger partial charge in [-0.2, -0.15) is 0 Å². The number of carbonyl (C=O) groups is 1. The predicted molar refractivity (Wildman–Crippen MR) is 119 cm³/mol. The van der Waals surface area contributed by atoms with Crippen LogP contribution in [0.3, 0.4) is 0 Å². The number of para-hydroxylation sites is 1. The number of anilines is 1. The Kier molecular flexibility index (Phi) is 5.51. The minimum Gasteiger partial charge on any atom is -0.393 e. The van der Waals surface area contributed by atoms with Crippen LogP contribution in [0.25, 0.3) is 10.9 Å². The number of hydrogen-bond acceptors (Lipinski definition) is 6. The van der Waals surface area contributed by atoms with Crippen molar-refractivity contribution in [3.63, 3.8) is 0 Å². The number of amides is 1. The average Bonchev–Trinajstić information content (AvgIpc) is 3.64. The Morgan fingerprint density at radius 1 is 1.00 bits per heavy atom. The fraction of sp³-hybridized carbons (Fsp3) is 0.417. The first kappa shape index (κ1) is 19.9. The van der Waals surface area contributed by atoms with E-state index in [0.29, 0.717) is 29.5 Å². The molecule has 0 unspecified atom stereocenters. The van der Waals surface area contributed by atoms with Crippen molar-refractivity contribution >= 4 is 22.8 Å². The molecule has 31 heavy (non-hydrogen) atoms. The van der Waals surface area contributed by atoms with E-state index < -0.39 is 0 Å². The molecule has 0 aliphatic heterocycles. The highest BCUT2D eigenvalue weighted by Crippen LogP contribution is 2.39. The topological polar surface area (TPSA) is 100 Å². The third-order valence-electron chi connectivity index (χ3n) is 6.21. The highest BCUT2D eigenvalue weighted by Gasteiger charge is 2.23. The van der Waals surface area contributed by atoms with E-state index in [1.807, 2.05) is 24.4 Å². The van der Waals surface area contributed by atoms with Gasteiger partial charge in [-0.05, 0) is 62.1 Å². The van der Waals surface area contributed by atoms with Gasteiger partial charge in [0.25, 0.3) is 5.91 Å². The zero-order chi connectivity index (χ0) is 21.2. The highest BCUT2D eigenvalue weighted by molar-refractivity contribution is 6.05. The SMILES string of the molecule is O=C(NCc1ccc(C2CC2)cn1)c1cccc2cnc(NC3CCC(O)CC3)nc12.